The van der Waals surface area contributed by atoms with Crippen molar-refractivity contribution in [1.29, 1.82) is 0 Å². The highest BCUT2D eigenvalue weighted by atomic mass is 19.1. The molecule has 164 valence electrons. The maximum atomic E-state index is 13.8. The second kappa shape index (κ2) is 11.5. The molecule has 0 saturated carbocycles. The largest absolute Gasteiger partial charge is 0.493 e. The van der Waals surface area contributed by atoms with E-state index in [2.05, 4.69) is 49.9 Å². The van der Waals surface area contributed by atoms with Gasteiger partial charge >= 0.3 is 0 Å². The molecular weight excluding hydrogens is 373 g/mol. The Labute approximate surface area is 182 Å². The molecule has 30 heavy (non-hydrogen) atoms. The normalized spacial score (nSPS) is 17.4. The first-order chi connectivity index (χ1) is 14.5. The summed E-state index contributed by atoms with van der Waals surface area (Å²) in [6.07, 6.45) is 7.39. The van der Waals surface area contributed by atoms with Crippen molar-refractivity contribution < 1.29 is 9.13 Å². The van der Waals surface area contributed by atoms with E-state index < -0.39 is 0 Å². The lowest BCUT2D eigenvalue weighted by Gasteiger charge is -2.33. The van der Waals surface area contributed by atoms with Crippen LogP contribution in [-0.4, -0.2) is 31.1 Å². The van der Waals surface area contributed by atoms with Crippen LogP contribution in [0.15, 0.2) is 42.5 Å². The Bertz CT molecular complexity index is 771. The predicted molar refractivity (Wildman–Crippen MR) is 124 cm³/mol. The molecule has 0 N–H and O–H groups in total. The fraction of sp³-hybridized carbons (Fsp3) is 0.556. The number of rotatable bonds is 10. The van der Waals surface area contributed by atoms with Crippen LogP contribution >= 0.6 is 0 Å². The smallest absolute Gasteiger partial charge is 0.127 e. The van der Waals surface area contributed by atoms with E-state index in [4.69, 9.17) is 4.74 Å². The summed E-state index contributed by atoms with van der Waals surface area (Å²) >= 11 is 0. The number of halogens is 1. The molecule has 0 aromatic heterocycles. The third-order valence-corrected chi connectivity index (χ3v) is 6.25. The second-order valence-corrected chi connectivity index (χ2v) is 9.06. The standard InChI is InChI=1S/C27H38FNO/c1-4-5-6-14-29-15-7-8-24(20-29)23-11-9-22(10-12-23)13-16-30-27-18-25(21(2)3)17-26(28)19-27/h9-12,17-19,21,24H,4-8,13-16,20H2,1-3H3/t24-/m0/s1. The number of benzene rings is 2. The van der Waals surface area contributed by atoms with Crippen molar-refractivity contribution in [2.45, 2.75) is 71.1 Å². The van der Waals surface area contributed by atoms with Crippen LogP contribution in [0.25, 0.3) is 0 Å². The van der Waals surface area contributed by atoms with E-state index >= 15 is 0 Å². The summed E-state index contributed by atoms with van der Waals surface area (Å²) in [5.74, 6) is 1.35. The van der Waals surface area contributed by atoms with Gasteiger partial charge in [0.2, 0.25) is 0 Å². The maximum absolute atomic E-state index is 13.8. The van der Waals surface area contributed by atoms with Gasteiger partial charge in [0.15, 0.2) is 0 Å². The van der Waals surface area contributed by atoms with Crippen molar-refractivity contribution in [3.63, 3.8) is 0 Å². The number of hydrogen-bond acceptors (Lipinski definition) is 2. The molecule has 0 aliphatic carbocycles. The zero-order valence-corrected chi connectivity index (χ0v) is 19.0. The van der Waals surface area contributed by atoms with Gasteiger partial charge < -0.3 is 9.64 Å². The second-order valence-electron chi connectivity index (χ2n) is 9.06. The van der Waals surface area contributed by atoms with Gasteiger partial charge in [-0.15, -0.1) is 0 Å². The highest BCUT2D eigenvalue weighted by molar-refractivity contribution is 5.31. The lowest BCUT2D eigenvalue weighted by Crippen LogP contribution is -2.35. The first-order valence-electron chi connectivity index (χ1n) is 11.8. The minimum Gasteiger partial charge on any atom is -0.493 e. The highest BCUT2D eigenvalue weighted by Gasteiger charge is 2.20. The van der Waals surface area contributed by atoms with Gasteiger partial charge in [0.25, 0.3) is 0 Å². The first-order valence-corrected chi connectivity index (χ1v) is 11.8. The van der Waals surface area contributed by atoms with Gasteiger partial charge in [-0.1, -0.05) is 57.9 Å². The van der Waals surface area contributed by atoms with E-state index in [1.807, 2.05) is 6.07 Å². The molecule has 0 spiro atoms. The molecule has 2 aromatic rings. The Morgan fingerprint density at radius 1 is 1.10 bits per heavy atom. The van der Waals surface area contributed by atoms with Gasteiger partial charge in [-0.25, -0.2) is 4.39 Å². The van der Waals surface area contributed by atoms with Crippen LogP contribution in [0.4, 0.5) is 4.39 Å². The van der Waals surface area contributed by atoms with Crippen molar-refractivity contribution in [2.24, 2.45) is 0 Å². The Balaban J connectivity index is 1.49. The van der Waals surface area contributed by atoms with Crippen LogP contribution in [-0.2, 0) is 6.42 Å². The summed E-state index contributed by atoms with van der Waals surface area (Å²) in [4.78, 5) is 2.65. The molecule has 1 aliphatic rings. The molecule has 1 aliphatic heterocycles. The SMILES string of the molecule is CCCCCN1CCC[C@H](c2ccc(CCOc3cc(F)cc(C(C)C)c3)cc2)C1. The third-order valence-electron chi connectivity index (χ3n) is 6.25. The molecule has 0 unspecified atom stereocenters. The molecule has 2 nitrogen and oxygen atoms in total. The molecule has 1 atom stereocenters. The molecule has 0 bridgehead atoms. The van der Waals surface area contributed by atoms with Crippen LogP contribution in [0.5, 0.6) is 5.75 Å². The molecule has 3 heteroatoms. The van der Waals surface area contributed by atoms with E-state index in [0.29, 0.717) is 18.3 Å². The van der Waals surface area contributed by atoms with Crippen LogP contribution in [0.1, 0.15) is 81.4 Å². The number of likely N-dealkylation sites (tertiary alicyclic amines) is 1. The Morgan fingerprint density at radius 3 is 2.63 bits per heavy atom. The predicted octanol–water partition coefficient (Wildman–Crippen LogP) is 6.94. The van der Waals surface area contributed by atoms with Crippen LogP contribution in [0, 0.1) is 5.82 Å². The van der Waals surface area contributed by atoms with Crippen LogP contribution < -0.4 is 4.74 Å². The van der Waals surface area contributed by atoms with Gasteiger partial charge in [0.1, 0.15) is 11.6 Å². The van der Waals surface area contributed by atoms with Gasteiger partial charge in [-0.2, -0.15) is 0 Å². The Kier molecular flexibility index (Phi) is 8.74. The molecular formula is C27H38FNO. The van der Waals surface area contributed by atoms with E-state index in [-0.39, 0.29) is 11.7 Å². The third kappa shape index (κ3) is 6.84. The molecule has 0 radical (unpaired) electrons. The lowest BCUT2D eigenvalue weighted by atomic mass is 9.90. The average molecular weight is 412 g/mol. The molecule has 3 rings (SSSR count). The molecule has 1 heterocycles. The first kappa shape index (κ1) is 22.8. The average Bonchev–Trinajstić information content (AvgIpc) is 2.74. The van der Waals surface area contributed by atoms with Crippen molar-refractivity contribution in [1.82, 2.24) is 4.90 Å². The number of unbranched alkanes of at least 4 members (excludes halogenated alkanes) is 2. The fourth-order valence-electron chi connectivity index (χ4n) is 4.36. The highest BCUT2D eigenvalue weighted by Crippen LogP contribution is 2.27. The zero-order chi connectivity index (χ0) is 21.3. The zero-order valence-electron chi connectivity index (χ0n) is 19.0. The van der Waals surface area contributed by atoms with Gasteiger partial charge in [0, 0.05) is 19.0 Å². The van der Waals surface area contributed by atoms with Gasteiger partial charge in [0.05, 0.1) is 6.61 Å². The molecule has 1 fully saturated rings. The molecule has 0 amide bonds. The minimum atomic E-state index is -0.225. The lowest BCUT2D eigenvalue weighted by molar-refractivity contribution is 0.204. The quantitative estimate of drug-likeness (QED) is 0.393. The number of piperidine rings is 1. The minimum absolute atomic E-state index is 0.225. The Hall–Kier alpha value is -1.87. The summed E-state index contributed by atoms with van der Waals surface area (Å²) in [5.41, 5.74) is 3.71. The van der Waals surface area contributed by atoms with Crippen molar-refractivity contribution in [2.75, 3.05) is 26.2 Å². The van der Waals surface area contributed by atoms with Crippen molar-refractivity contribution >= 4 is 0 Å². The van der Waals surface area contributed by atoms with Crippen LogP contribution in [0.2, 0.25) is 0 Å². The fourth-order valence-corrected chi connectivity index (χ4v) is 4.36. The van der Waals surface area contributed by atoms with Crippen molar-refractivity contribution in [3.05, 3.63) is 65.0 Å². The summed E-state index contributed by atoms with van der Waals surface area (Å²) < 4.78 is 19.6. The van der Waals surface area contributed by atoms with Gasteiger partial charge in [-0.05, 0) is 73.0 Å². The van der Waals surface area contributed by atoms with E-state index in [1.165, 1.54) is 68.9 Å². The number of hydrogen-bond donors (Lipinski definition) is 0. The Morgan fingerprint density at radius 2 is 1.90 bits per heavy atom. The summed E-state index contributed by atoms with van der Waals surface area (Å²) in [6.45, 7) is 10.7. The van der Waals surface area contributed by atoms with E-state index in [1.54, 1.807) is 6.07 Å². The molecule has 2 aromatic carbocycles. The monoisotopic (exact) mass is 411 g/mol. The summed E-state index contributed by atoms with van der Waals surface area (Å²) in [5, 5.41) is 0. The maximum Gasteiger partial charge on any atom is 0.127 e. The number of ether oxygens (including phenoxy) is 1. The van der Waals surface area contributed by atoms with E-state index in [0.717, 1.165) is 12.0 Å². The topological polar surface area (TPSA) is 12.5 Å². The number of nitrogens with zero attached hydrogens (tertiary/aromatic N) is 1. The summed E-state index contributed by atoms with van der Waals surface area (Å²) in [6, 6.07) is 14.1. The van der Waals surface area contributed by atoms with Gasteiger partial charge in [-0.3, -0.25) is 0 Å². The molecule has 1 saturated heterocycles. The van der Waals surface area contributed by atoms with E-state index in [9.17, 15) is 4.39 Å². The summed E-state index contributed by atoms with van der Waals surface area (Å²) in [7, 11) is 0. The van der Waals surface area contributed by atoms with Crippen molar-refractivity contribution in [3.8, 4) is 5.75 Å². The van der Waals surface area contributed by atoms with Crippen LogP contribution in [0.3, 0.4) is 0 Å².